The number of likely N-dealkylation sites (N-methyl/N-ethyl adjacent to an activating group) is 1. The SMILES string of the molecule is CN(CC(=O)Nc1cccc(Cl)c1)C(=O)CCNS(=O)(=O)/C=C/c1ccccc1. The van der Waals surface area contributed by atoms with Gasteiger partial charge < -0.3 is 10.2 Å². The molecule has 0 atom stereocenters. The number of nitrogens with zero attached hydrogens (tertiary/aromatic N) is 1. The molecular weight excluding hydrogens is 414 g/mol. The summed E-state index contributed by atoms with van der Waals surface area (Å²) in [6.07, 6.45) is 1.40. The Bertz CT molecular complexity index is 978. The summed E-state index contributed by atoms with van der Waals surface area (Å²) < 4.78 is 26.3. The van der Waals surface area contributed by atoms with Crippen LogP contribution in [0.3, 0.4) is 0 Å². The summed E-state index contributed by atoms with van der Waals surface area (Å²) in [5, 5.41) is 4.18. The number of halogens is 1. The molecule has 9 heteroatoms. The maximum Gasteiger partial charge on any atom is 0.243 e. The highest BCUT2D eigenvalue weighted by atomic mass is 35.5. The fourth-order valence-electron chi connectivity index (χ4n) is 2.34. The van der Waals surface area contributed by atoms with Crippen molar-refractivity contribution in [2.45, 2.75) is 6.42 Å². The van der Waals surface area contributed by atoms with Crippen LogP contribution in [0.5, 0.6) is 0 Å². The molecule has 2 N–H and O–H groups in total. The van der Waals surface area contributed by atoms with Gasteiger partial charge >= 0.3 is 0 Å². The summed E-state index contributed by atoms with van der Waals surface area (Å²) in [6.45, 7) is -0.230. The molecule has 0 aliphatic heterocycles. The molecule has 0 saturated heterocycles. The van der Waals surface area contributed by atoms with E-state index >= 15 is 0 Å². The zero-order chi connectivity index (χ0) is 21.3. The average molecular weight is 436 g/mol. The Morgan fingerprint density at radius 2 is 1.83 bits per heavy atom. The largest absolute Gasteiger partial charge is 0.336 e. The quantitative estimate of drug-likeness (QED) is 0.633. The molecule has 2 amide bonds. The predicted octanol–water partition coefficient (Wildman–Crippen LogP) is 2.72. The van der Waals surface area contributed by atoms with Gasteiger partial charge in [0.1, 0.15) is 0 Å². The van der Waals surface area contributed by atoms with Gasteiger partial charge in [0.05, 0.1) is 6.54 Å². The molecule has 2 aromatic carbocycles. The maximum atomic E-state index is 12.1. The van der Waals surface area contributed by atoms with Crippen LogP contribution >= 0.6 is 11.6 Å². The lowest BCUT2D eigenvalue weighted by Crippen LogP contribution is -2.36. The number of rotatable bonds is 9. The molecule has 0 aliphatic rings. The Hall–Kier alpha value is -2.68. The van der Waals surface area contributed by atoms with Gasteiger partial charge in [0.25, 0.3) is 0 Å². The molecular formula is C20H22ClN3O4S. The Morgan fingerprint density at radius 3 is 2.52 bits per heavy atom. The lowest BCUT2D eigenvalue weighted by molar-refractivity contribution is -0.133. The van der Waals surface area contributed by atoms with Crippen LogP contribution < -0.4 is 10.0 Å². The van der Waals surface area contributed by atoms with Crippen LogP contribution in [0.25, 0.3) is 6.08 Å². The fourth-order valence-corrected chi connectivity index (χ4v) is 3.35. The highest BCUT2D eigenvalue weighted by molar-refractivity contribution is 7.92. The van der Waals surface area contributed by atoms with Crippen molar-refractivity contribution in [2.75, 3.05) is 25.5 Å². The third kappa shape index (κ3) is 8.47. The standard InChI is InChI=1S/C20H22ClN3O4S/c1-24(15-19(25)23-18-9-5-8-17(21)14-18)20(26)10-12-22-29(27,28)13-11-16-6-3-2-4-7-16/h2-9,11,13-14,22H,10,12,15H2,1H3,(H,23,25)/b13-11+. The normalized spacial score (nSPS) is 11.4. The topological polar surface area (TPSA) is 95.6 Å². The molecule has 0 bridgehead atoms. The molecule has 0 unspecified atom stereocenters. The van der Waals surface area contributed by atoms with Crippen LogP contribution in [0.2, 0.25) is 5.02 Å². The van der Waals surface area contributed by atoms with Gasteiger partial charge in [-0.3, -0.25) is 9.59 Å². The zero-order valence-corrected chi connectivity index (χ0v) is 17.4. The molecule has 0 fully saturated rings. The Labute approximate surface area is 175 Å². The fraction of sp³-hybridized carbons (Fsp3) is 0.200. The van der Waals surface area contributed by atoms with Gasteiger partial charge in [0.15, 0.2) is 0 Å². The minimum absolute atomic E-state index is 0.0689. The molecule has 7 nitrogen and oxygen atoms in total. The van der Waals surface area contributed by atoms with Gasteiger partial charge in [-0.05, 0) is 29.8 Å². The van der Waals surface area contributed by atoms with Crippen molar-refractivity contribution >= 4 is 45.2 Å². The van der Waals surface area contributed by atoms with Crippen molar-refractivity contribution in [3.05, 3.63) is 70.6 Å². The minimum atomic E-state index is -3.66. The summed E-state index contributed by atoms with van der Waals surface area (Å²) in [5.41, 5.74) is 1.28. The second-order valence-corrected chi connectivity index (χ2v) is 8.30. The monoisotopic (exact) mass is 435 g/mol. The van der Waals surface area contributed by atoms with Crippen molar-refractivity contribution in [2.24, 2.45) is 0 Å². The van der Waals surface area contributed by atoms with Gasteiger partial charge in [-0.15, -0.1) is 0 Å². The predicted molar refractivity (Wildman–Crippen MR) is 115 cm³/mol. The van der Waals surface area contributed by atoms with Crippen molar-refractivity contribution < 1.29 is 18.0 Å². The molecule has 0 heterocycles. The first-order valence-electron chi connectivity index (χ1n) is 8.77. The number of hydrogen-bond donors (Lipinski definition) is 2. The first kappa shape index (κ1) is 22.6. The van der Waals surface area contributed by atoms with E-state index in [1.807, 2.05) is 6.07 Å². The molecule has 0 spiro atoms. The number of amides is 2. The minimum Gasteiger partial charge on any atom is -0.336 e. The van der Waals surface area contributed by atoms with Crippen LogP contribution in [-0.4, -0.2) is 45.3 Å². The van der Waals surface area contributed by atoms with Gasteiger partial charge in [-0.2, -0.15) is 0 Å². The van der Waals surface area contributed by atoms with E-state index in [2.05, 4.69) is 10.0 Å². The third-order valence-electron chi connectivity index (χ3n) is 3.80. The second-order valence-electron chi connectivity index (χ2n) is 6.21. The van der Waals surface area contributed by atoms with E-state index in [0.717, 1.165) is 11.0 Å². The smallest absolute Gasteiger partial charge is 0.243 e. The third-order valence-corrected chi connectivity index (χ3v) is 5.13. The molecule has 0 aromatic heterocycles. The molecule has 2 aromatic rings. The van der Waals surface area contributed by atoms with Crippen LogP contribution in [-0.2, 0) is 19.6 Å². The molecule has 0 aliphatic carbocycles. The van der Waals surface area contributed by atoms with E-state index in [1.165, 1.54) is 18.0 Å². The van der Waals surface area contributed by atoms with E-state index in [1.54, 1.807) is 48.5 Å². The van der Waals surface area contributed by atoms with Crippen LogP contribution in [0, 0.1) is 0 Å². The van der Waals surface area contributed by atoms with E-state index < -0.39 is 10.0 Å². The van der Waals surface area contributed by atoms with E-state index in [0.29, 0.717) is 10.7 Å². The van der Waals surface area contributed by atoms with E-state index in [9.17, 15) is 18.0 Å². The van der Waals surface area contributed by atoms with Gasteiger partial charge in [-0.25, -0.2) is 13.1 Å². The van der Waals surface area contributed by atoms with Gasteiger partial charge in [0.2, 0.25) is 21.8 Å². The summed E-state index contributed by atoms with van der Waals surface area (Å²) in [6, 6.07) is 15.7. The first-order valence-corrected chi connectivity index (χ1v) is 10.7. The highest BCUT2D eigenvalue weighted by Crippen LogP contribution is 2.14. The number of anilines is 1. The van der Waals surface area contributed by atoms with Crippen molar-refractivity contribution in [3.63, 3.8) is 0 Å². The second kappa shape index (κ2) is 10.8. The summed E-state index contributed by atoms with van der Waals surface area (Å²) in [4.78, 5) is 25.4. The maximum absolute atomic E-state index is 12.1. The number of carbonyl (C=O) groups is 2. The summed E-state index contributed by atoms with van der Waals surface area (Å²) >= 11 is 5.86. The van der Waals surface area contributed by atoms with Gasteiger partial charge in [0, 0.05) is 36.1 Å². The van der Waals surface area contributed by atoms with Crippen LogP contribution in [0.4, 0.5) is 5.69 Å². The number of hydrogen-bond acceptors (Lipinski definition) is 4. The van der Waals surface area contributed by atoms with E-state index in [-0.39, 0.29) is 31.3 Å². The lowest BCUT2D eigenvalue weighted by Gasteiger charge is -2.17. The Kier molecular flexibility index (Phi) is 8.38. The number of carbonyl (C=O) groups excluding carboxylic acids is 2. The molecule has 29 heavy (non-hydrogen) atoms. The lowest BCUT2D eigenvalue weighted by atomic mass is 10.2. The Balaban J connectivity index is 1.76. The van der Waals surface area contributed by atoms with Crippen molar-refractivity contribution in [3.8, 4) is 0 Å². The highest BCUT2D eigenvalue weighted by Gasteiger charge is 2.14. The van der Waals surface area contributed by atoms with E-state index in [4.69, 9.17) is 11.6 Å². The van der Waals surface area contributed by atoms with Crippen LogP contribution in [0.1, 0.15) is 12.0 Å². The van der Waals surface area contributed by atoms with Crippen LogP contribution in [0.15, 0.2) is 60.0 Å². The summed E-state index contributed by atoms with van der Waals surface area (Å²) in [7, 11) is -2.19. The number of sulfonamides is 1. The van der Waals surface area contributed by atoms with Crippen molar-refractivity contribution in [1.82, 2.24) is 9.62 Å². The summed E-state index contributed by atoms with van der Waals surface area (Å²) in [5.74, 6) is -0.740. The molecule has 2 rings (SSSR count). The molecule has 0 saturated carbocycles. The van der Waals surface area contributed by atoms with Gasteiger partial charge in [-0.1, -0.05) is 48.0 Å². The number of nitrogens with one attached hydrogen (secondary N) is 2. The molecule has 154 valence electrons. The Morgan fingerprint density at radius 1 is 1.10 bits per heavy atom. The molecule has 0 radical (unpaired) electrons. The number of benzene rings is 2. The van der Waals surface area contributed by atoms with Crippen molar-refractivity contribution in [1.29, 1.82) is 0 Å². The zero-order valence-electron chi connectivity index (χ0n) is 15.8. The average Bonchev–Trinajstić information content (AvgIpc) is 2.67. The first-order chi connectivity index (χ1) is 13.7.